The van der Waals surface area contributed by atoms with Gasteiger partial charge in [0, 0.05) is 9.65 Å². The third-order valence-electron chi connectivity index (χ3n) is 7.75. The molecule has 3 rings (SSSR count). The first-order valence-corrected chi connectivity index (χ1v) is 12.1. The maximum absolute atomic E-state index is 11.9. The van der Waals surface area contributed by atoms with Crippen molar-refractivity contribution in [3.05, 3.63) is 45.0 Å². The molecule has 2 aliphatic carbocycles. The first kappa shape index (κ1) is 22.8. The molecule has 0 spiro atoms. The largest absolute Gasteiger partial charge is 0.463 e. The lowest BCUT2D eigenvalue weighted by Gasteiger charge is -2.56. The van der Waals surface area contributed by atoms with Crippen LogP contribution >= 0.6 is 22.6 Å². The molecule has 0 aliphatic heterocycles. The Bertz CT molecular complexity index is 741. The number of fused-ring (bicyclic) bond motifs is 1. The van der Waals surface area contributed by atoms with Crippen molar-refractivity contribution >= 4 is 28.6 Å². The fourth-order valence-corrected chi connectivity index (χ4v) is 6.25. The van der Waals surface area contributed by atoms with Crippen LogP contribution in [0.25, 0.3) is 0 Å². The van der Waals surface area contributed by atoms with Crippen LogP contribution in [0, 0.1) is 32.7 Å². The van der Waals surface area contributed by atoms with Crippen LogP contribution in [0.3, 0.4) is 0 Å². The Hall–Kier alpha value is -0.880. The summed E-state index contributed by atoms with van der Waals surface area (Å²) in [5.74, 6) is 1.52. The molecule has 2 saturated carbocycles. The van der Waals surface area contributed by atoms with Gasteiger partial charge in [0.25, 0.3) is 0 Å². The summed E-state index contributed by atoms with van der Waals surface area (Å²) >= 11 is 2.34. The van der Waals surface area contributed by atoms with E-state index < -0.39 is 0 Å². The molecule has 0 heterocycles. The lowest BCUT2D eigenvalue weighted by atomic mass is 9.49. The van der Waals surface area contributed by atoms with Crippen molar-refractivity contribution in [1.82, 2.24) is 0 Å². The van der Waals surface area contributed by atoms with E-state index in [0.29, 0.717) is 30.3 Å². The molecule has 0 radical (unpaired) electrons. The number of carbonyl (C=O) groups excluding carboxylic acids is 1. The highest BCUT2D eigenvalue weighted by Crippen LogP contribution is 2.58. The SMILES string of the molecule is CCOC(=O)/C=C(\C)[C@@H]1CC[C@@H]2[C@H](Cc3ccc(I)cc3)[C@@H](O)C[C@@H](C)[C@]2(C)C1. The molecule has 0 amide bonds. The van der Waals surface area contributed by atoms with Gasteiger partial charge in [0.2, 0.25) is 0 Å². The fourth-order valence-electron chi connectivity index (χ4n) is 5.89. The maximum atomic E-state index is 11.9. The van der Waals surface area contributed by atoms with Crippen molar-refractivity contribution < 1.29 is 14.6 Å². The van der Waals surface area contributed by atoms with Crippen LogP contribution in [0.1, 0.15) is 58.9 Å². The number of benzene rings is 1. The Morgan fingerprint density at radius 1 is 1.31 bits per heavy atom. The number of esters is 1. The van der Waals surface area contributed by atoms with Gasteiger partial charge in [-0.3, -0.25) is 0 Å². The van der Waals surface area contributed by atoms with E-state index >= 15 is 0 Å². The highest BCUT2D eigenvalue weighted by Gasteiger charge is 2.52. The van der Waals surface area contributed by atoms with E-state index in [1.165, 1.54) is 9.13 Å². The Labute approximate surface area is 189 Å². The van der Waals surface area contributed by atoms with E-state index in [1.54, 1.807) is 6.08 Å². The van der Waals surface area contributed by atoms with E-state index in [9.17, 15) is 9.90 Å². The van der Waals surface area contributed by atoms with Crippen LogP contribution in [0.5, 0.6) is 0 Å². The molecule has 2 aliphatic rings. The predicted molar refractivity (Wildman–Crippen MR) is 125 cm³/mol. The van der Waals surface area contributed by atoms with Crippen LogP contribution in [-0.2, 0) is 16.0 Å². The number of halogens is 1. The molecule has 0 unspecified atom stereocenters. The van der Waals surface area contributed by atoms with E-state index in [-0.39, 0.29) is 17.5 Å². The van der Waals surface area contributed by atoms with E-state index in [1.807, 2.05) is 6.92 Å². The zero-order valence-electron chi connectivity index (χ0n) is 18.2. The Balaban J connectivity index is 1.78. The second kappa shape index (κ2) is 9.51. The summed E-state index contributed by atoms with van der Waals surface area (Å²) in [5.41, 5.74) is 2.67. The lowest BCUT2D eigenvalue weighted by molar-refractivity contribution is -0.137. The summed E-state index contributed by atoms with van der Waals surface area (Å²) in [6, 6.07) is 8.74. The van der Waals surface area contributed by atoms with Crippen molar-refractivity contribution in [2.75, 3.05) is 6.61 Å². The minimum absolute atomic E-state index is 0.194. The molecule has 1 aromatic rings. The molecule has 6 atom stereocenters. The third kappa shape index (κ3) is 5.07. The van der Waals surface area contributed by atoms with Crippen molar-refractivity contribution in [3.8, 4) is 0 Å². The molecule has 3 nitrogen and oxygen atoms in total. The summed E-state index contributed by atoms with van der Waals surface area (Å²) < 4.78 is 6.36. The number of hydrogen-bond acceptors (Lipinski definition) is 3. The van der Waals surface area contributed by atoms with Crippen molar-refractivity contribution in [3.63, 3.8) is 0 Å². The Morgan fingerprint density at radius 2 is 2.00 bits per heavy atom. The van der Waals surface area contributed by atoms with Gasteiger partial charge in [-0.25, -0.2) is 4.79 Å². The average molecular weight is 510 g/mol. The highest BCUT2D eigenvalue weighted by molar-refractivity contribution is 14.1. The highest BCUT2D eigenvalue weighted by atomic mass is 127. The molecule has 160 valence electrons. The summed E-state index contributed by atoms with van der Waals surface area (Å²) in [7, 11) is 0. The number of rotatable bonds is 5. The first-order chi connectivity index (χ1) is 13.7. The molecule has 0 saturated heterocycles. The topological polar surface area (TPSA) is 46.5 Å². The number of carbonyl (C=O) groups is 1. The van der Waals surface area contributed by atoms with Gasteiger partial charge in [-0.15, -0.1) is 0 Å². The minimum atomic E-state index is -0.227. The van der Waals surface area contributed by atoms with Gasteiger partial charge in [0.05, 0.1) is 12.7 Å². The molecule has 2 fully saturated rings. The van der Waals surface area contributed by atoms with Crippen LogP contribution in [-0.4, -0.2) is 23.8 Å². The van der Waals surface area contributed by atoms with Crippen LogP contribution < -0.4 is 0 Å². The number of aliphatic hydroxyl groups is 1. The van der Waals surface area contributed by atoms with Crippen molar-refractivity contribution in [2.24, 2.45) is 29.1 Å². The summed E-state index contributed by atoms with van der Waals surface area (Å²) in [6.45, 7) is 9.08. The van der Waals surface area contributed by atoms with Gasteiger partial charge >= 0.3 is 5.97 Å². The van der Waals surface area contributed by atoms with E-state index in [4.69, 9.17) is 4.74 Å². The lowest BCUT2D eigenvalue weighted by Crippen LogP contribution is -2.52. The third-order valence-corrected chi connectivity index (χ3v) is 8.47. The summed E-state index contributed by atoms with van der Waals surface area (Å²) in [6.07, 6.45) is 6.59. The molecule has 0 aromatic heterocycles. The minimum Gasteiger partial charge on any atom is -0.463 e. The number of ether oxygens (including phenoxy) is 1. The van der Waals surface area contributed by atoms with Gasteiger partial charge in [0.1, 0.15) is 0 Å². The Kier molecular flexibility index (Phi) is 7.47. The number of allylic oxidation sites excluding steroid dienone is 1. The second-order valence-corrected chi connectivity index (χ2v) is 10.7. The zero-order valence-corrected chi connectivity index (χ0v) is 20.3. The first-order valence-electron chi connectivity index (χ1n) is 11.0. The molecular weight excluding hydrogens is 475 g/mol. The van der Waals surface area contributed by atoms with Crippen molar-refractivity contribution in [2.45, 2.75) is 65.9 Å². The van der Waals surface area contributed by atoms with Crippen LogP contribution in [0.4, 0.5) is 0 Å². The van der Waals surface area contributed by atoms with E-state index in [2.05, 4.69) is 67.6 Å². The normalized spacial score (nSPS) is 35.1. The molecule has 1 N–H and O–H groups in total. The smallest absolute Gasteiger partial charge is 0.330 e. The van der Waals surface area contributed by atoms with Crippen molar-refractivity contribution in [1.29, 1.82) is 0 Å². The van der Waals surface area contributed by atoms with Crippen LogP contribution in [0.2, 0.25) is 0 Å². The number of hydrogen-bond donors (Lipinski definition) is 1. The Morgan fingerprint density at radius 3 is 2.66 bits per heavy atom. The van der Waals surface area contributed by atoms with Gasteiger partial charge in [-0.1, -0.05) is 31.6 Å². The predicted octanol–water partition coefficient (Wildman–Crippen LogP) is 5.78. The average Bonchev–Trinajstić information content (AvgIpc) is 2.67. The molecule has 1 aromatic carbocycles. The fraction of sp³-hybridized carbons (Fsp3) is 0.640. The standard InChI is InChI=1S/C25H35IO3/c1-5-29-24(28)12-16(2)19-8-11-22-21(14-18-6-9-20(26)10-7-18)23(27)13-17(3)25(22,4)15-19/h6-7,9-10,12,17,19,21-23,27H,5,8,11,13-15H2,1-4H3/b16-12+/t17-,19-,21+,22-,23+,25+/m1/s1. The maximum Gasteiger partial charge on any atom is 0.330 e. The van der Waals surface area contributed by atoms with Gasteiger partial charge in [-0.05, 0) is 115 Å². The zero-order chi connectivity index (χ0) is 21.2. The van der Waals surface area contributed by atoms with Gasteiger partial charge < -0.3 is 9.84 Å². The molecule has 4 heteroatoms. The summed E-state index contributed by atoms with van der Waals surface area (Å²) in [4.78, 5) is 11.9. The van der Waals surface area contributed by atoms with E-state index in [0.717, 1.165) is 37.7 Å². The molecule has 0 bridgehead atoms. The van der Waals surface area contributed by atoms with Gasteiger partial charge in [0.15, 0.2) is 0 Å². The second-order valence-electron chi connectivity index (χ2n) is 9.43. The quantitative estimate of drug-likeness (QED) is 0.310. The monoisotopic (exact) mass is 510 g/mol. The summed E-state index contributed by atoms with van der Waals surface area (Å²) in [5, 5.41) is 11.0. The molecule has 29 heavy (non-hydrogen) atoms. The van der Waals surface area contributed by atoms with Gasteiger partial charge in [-0.2, -0.15) is 0 Å². The van der Waals surface area contributed by atoms with Crippen LogP contribution in [0.15, 0.2) is 35.9 Å². The number of aliphatic hydroxyl groups excluding tert-OH is 1. The molecular formula is C25H35IO3.